The third-order valence-electron chi connectivity index (χ3n) is 7.50. The summed E-state index contributed by atoms with van der Waals surface area (Å²) in [5, 5.41) is 1.01. The summed E-state index contributed by atoms with van der Waals surface area (Å²) < 4.78 is 25.0. The van der Waals surface area contributed by atoms with Crippen LogP contribution in [0.3, 0.4) is 0 Å². The van der Waals surface area contributed by atoms with Gasteiger partial charge in [0.25, 0.3) is 0 Å². The Labute approximate surface area is 273 Å². The molecule has 0 radical (unpaired) electrons. The molecule has 2 aliphatic heterocycles. The summed E-state index contributed by atoms with van der Waals surface area (Å²) in [4.78, 5) is 19.9. The van der Waals surface area contributed by atoms with Crippen LogP contribution in [0.4, 0.5) is 0 Å². The maximum atomic E-state index is 6.36. The van der Waals surface area contributed by atoms with Crippen LogP contribution in [0.15, 0.2) is 107 Å². The third-order valence-corrected chi connectivity index (χ3v) is 9.39. The first-order chi connectivity index (χ1) is 22.7. The van der Waals surface area contributed by atoms with Gasteiger partial charge in [0.15, 0.2) is 0 Å². The molecule has 6 aromatic rings. The Bertz CT molecular complexity index is 1970. The topological polar surface area (TPSA) is 88.5 Å². The van der Waals surface area contributed by atoms with E-state index in [9.17, 15) is 0 Å². The number of hydrogen-bond donors (Lipinski definition) is 0. The fourth-order valence-corrected chi connectivity index (χ4v) is 7.15. The van der Waals surface area contributed by atoms with Gasteiger partial charge in [-0.3, -0.25) is 0 Å². The van der Waals surface area contributed by atoms with Gasteiger partial charge in [0.1, 0.15) is 23.0 Å². The van der Waals surface area contributed by atoms with E-state index in [-0.39, 0.29) is 0 Å². The molecule has 46 heavy (non-hydrogen) atoms. The zero-order chi connectivity index (χ0) is 31.0. The van der Waals surface area contributed by atoms with Gasteiger partial charge in [0.05, 0.1) is 35.7 Å². The Hall–Kier alpha value is -5.06. The van der Waals surface area contributed by atoms with Crippen LogP contribution < -0.4 is 18.9 Å². The number of para-hydroxylation sites is 4. The summed E-state index contributed by atoms with van der Waals surface area (Å²) in [5.74, 6) is 3.86. The molecule has 0 bridgehead atoms. The minimum absolute atomic E-state index is 0.444. The van der Waals surface area contributed by atoms with E-state index in [0.717, 1.165) is 67.8 Å². The van der Waals surface area contributed by atoms with E-state index < -0.39 is 0 Å². The molecular formula is C36H26N4O4S2. The largest absolute Gasteiger partial charge is 0.477 e. The molecule has 0 N–H and O–H groups in total. The molecule has 226 valence electrons. The van der Waals surface area contributed by atoms with Crippen molar-refractivity contribution in [1.82, 2.24) is 19.9 Å². The van der Waals surface area contributed by atoms with E-state index in [1.807, 2.05) is 111 Å². The third kappa shape index (κ3) is 4.99. The van der Waals surface area contributed by atoms with Crippen LogP contribution >= 0.6 is 21.6 Å². The summed E-state index contributed by atoms with van der Waals surface area (Å²) in [5.41, 5.74) is 6.54. The summed E-state index contributed by atoms with van der Waals surface area (Å²) in [6, 6.07) is 31.5. The highest BCUT2D eigenvalue weighted by Crippen LogP contribution is 2.52. The molecule has 0 amide bonds. The second-order valence-electron chi connectivity index (χ2n) is 10.3. The van der Waals surface area contributed by atoms with Crippen molar-refractivity contribution < 1.29 is 18.9 Å². The highest BCUT2D eigenvalue weighted by Gasteiger charge is 2.29. The van der Waals surface area contributed by atoms with Gasteiger partial charge in [-0.05, 0) is 71.8 Å². The van der Waals surface area contributed by atoms with Crippen molar-refractivity contribution in [2.45, 2.75) is 24.2 Å². The molecule has 0 atom stereocenters. The highest BCUT2D eigenvalue weighted by atomic mass is 33.1. The maximum Gasteiger partial charge on any atom is 0.226 e. The Kier molecular flexibility index (Phi) is 7.43. The molecule has 0 aliphatic carbocycles. The van der Waals surface area contributed by atoms with Crippen molar-refractivity contribution in [2.75, 3.05) is 13.2 Å². The fraction of sp³-hybridized carbons (Fsp3) is 0.111. The van der Waals surface area contributed by atoms with E-state index in [1.54, 1.807) is 0 Å². The predicted molar refractivity (Wildman–Crippen MR) is 180 cm³/mol. The first-order valence-electron chi connectivity index (χ1n) is 14.9. The molecule has 0 fully saturated rings. The average molecular weight is 643 g/mol. The van der Waals surface area contributed by atoms with Crippen LogP contribution in [-0.2, 0) is 0 Å². The molecular weight excluding hydrogens is 617 g/mol. The molecule has 2 aromatic heterocycles. The molecule has 0 unspecified atom stereocenters. The second kappa shape index (κ2) is 12.0. The Morgan fingerprint density at radius 2 is 0.826 bits per heavy atom. The van der Waals surface area contributed by atoms with Crippen LogP contribution in [0.2, 0.25) is 0 Å². The predicted octanol–water partition coefficient (Wildman–Crippen LogP) is 9.74. The van der Waals surface area contributed by atoms with Gasteiger partial charge >= 0.3 is 0 Å². The molecule has 4 heterocycles. The first kappa shape index (κ1) is 28.4. The second-order valence-corrected chi connectivity index (χ2v) is 12.4. The van der Waals surface area contributed by atoms with E-state index in [0.29, 0.717) is 35.3 Å². The van der Waals surface area contributed by atoms with Gasteiger partial charge in [0.2, 0.25) is 22.1 Å². The van der Waals surface area contributed by atoms with E-state index in [1.165, 1.54) is 21.6 Å². The average Bonchev–Trinajstić information content (AvgIpc) is 3.32. The number of rotatable bonds is 7. The summed E-state index contributed by atoms with van der Waals surface area (Å²) >= 11 is 0. The van der Waals surface area contributed by atoms with Crippen LogP contribution in [0.25, 0.3) is 44.8 Å². The molecule has 0 spiro atoms. The molecule has 8 rings (SSSR count). The minimum atomic E-state index is 0.444. The smallest absolute Gasteiger partial charge is 0.226 e. The molecule has 10 heteroatoms. The summed E-state index contributed by atoms with van der Waals surface area (Å²) in [7, 11) is 2.72. The van der Waals surface area contributed by atoms with Gasteiger partial charge in [-0.15, -0.1) is 0 Å². The van der Waals surface area contributed by atoms with Gasteiger partial charge in [-0.25, -0.2) is 9.97 Å². The fourth-order valence-electron chi connectivity index (χ4n) is 5.61. The first-order valence-corrected chi connectivity index (χ1v) is 17.0. The Balaban J connectivity index is 1.24. The molecule has 4 aromatic carbocycles. The van der Waals surface area contributed by atoms with Crippen LogP contribution in [0.5, 0.6) is 34.8 Å². The van der Waals surface area contributed by atoms with Crippen molar-refractivity contribution in [3.8, 4) is 79.5 Å². The van der Waals surface area contributed by atoms with Gasteiger partial charge in [-0.1, -0.05) is 60.7 Å². The number of hydrogen-bond acceptors (Lipinski definition) is 10. The van der Waals surface area contributed by atoms with Crippen molar-refractivity contribution in [1.29, 1.82) is 0 Å². The Morgan fingerprint density at radius 3 is 1.22 bits per heavy atom. The van der Waals surface area contributed by atoms with Crippen molar-refractivity contribution in [3.05, 3.63) is 97.1 Å². The molecule has 8 nitrogen and oxygen atoms in total. The van der Waals surface area contributed by atoms with E-state index in [4.69, 9.17) is 38.9 Å². The van der Waals surface area contributed by atoms with Gasteiger partial charge in [0, 0.05) is 22.3 Å². The lowest BCUT2D eigenvalue weighted by atomic mass is 10.0. The summed E-state index contributed by atoms with van der Waals surface area (Å²) in [6.45, 7) is 4.78. The van der Waals surface area contributed by atoms with Crippen molar-refractivity contribution in [2.24, 2.45) is 0 Å². The lowest BCUT2D eigenvalue weighted by Gasteiger charge is -2.15. The quantitative estimate of drug-likeness (QED) is 0.124. The van der Waals surface area contributed by atoms with Gasteiger partial charge < -0.3 is 18.9 Å². The summed E-state index contributed by atoms with van der Waals surface area (Å²) in [6.07, 6.45) is 0. The molecule has 2 aliphatic rings. The van der Waals surface area contributed by atoms with Crippen LogP contribution in [0.1, 0.15) is 13.8 Å². The lowest BCUT2D eigenvalue weighted by molar-refractivity contribution is 0.324. The van der Waals surface area contributed by atoms with Crippen LogP contribution in [-0.4, -0.2) is 33.1 Å². The SMILES string of the molecule is CCOc1nc(SSc2nc(OCC)c3c(n2)-c2ccccc2Oc2ccccc2-3)nc2c1-c1ccccc1Oc1ccccc1-2. The number of fused-ring (bicyclic) bond motifs is 10. The van der Waals surface area contributed by atoms with Crippen molar-refractivity contribution in [3.63, 3.8) is 0 Å². The number of aromatic nitrogens is 4. The number of nitrogens with zero attached hydrogens (tertiary/aromatic N) is 4. The zero-order valence-corrected chi connectivity index (χ0v) is 26.5. The zero-order valence-electron chi connectivity index (χ0n) is 24.9. The minimum Gasteiger partial charge on any atom is -0.477 e. The molecule has 0 saturated carbocycles. The van der Waals surface area contributed by atoms with Gasteiger partial charge in [-0.2, -0.15) is 9.97 Å². The van der Waals surface area contributed by atoms with Crippen LogP contribution in [0, 0.1) is 0 Å². The normalized spacial score (nSPS) is 12.0. The molecule has 0 saturated heterocycles. The highest BCUT2D eigenvalue weighted by molar-refractivity contribution is 8.76. The monoisotopic (exact) mass is 642 g/mol. The van der Waals surface area contributed by atoms with Crippen molar-refractivity contribution >= 4 is 21.6 Å². The lowest BCUT2D eigenvalue weighted by Crippen LogP contribution is -2.03. The standard InChI is InChI=1S/C36H26N4O4S2/c1-3-41-33-29-21-13-5-9-17-25(21)43-27-19-11-7-15-23(27)31(29)37-35(39-33)45-46-36-38-32-24-16-8-12-20-28(24)44-26-18-10-6-14-22(26)30(32)34(40-36)42-4-2/h5-20H,3-4H2,1-2H3. The van der Waals surface area contributed by atoms with E-state index >= 15 is 0 Å². The number of ether oxygens (including phenoxy) is 4. The maximum absolute atomic E-state index is 6.36. The number of benzene rings is 4. The Morgan fingerprint density at radius 1 is 0.478 bits per heavy atom. The van der Waals surface area contributed by atoms with E-state index in [2.05, 4.69) is 0 Å².